The first-order valence-electron chi connectivity index (χ1n) is 7.94. The van der Waals surface area contributed by atoms with Crippen LogP contribution in [0.4, 0.5) is 0 Å². The fraction of sp³-hybridized carbons (Fsp3) is 0.933. The smallest absolute Gasteiger partial charge is 0.191 e. The van der Waals surface area contributed by atoms with E-state index in [1.54, 1.807) is 0 Å². The Labute approximate surface area is 141 Å². The van der Waals surface area contributed by atoms with Gasteiger partial charge in [0.2, 0.25) is 0 Å². The van der Waals surface area contributed by atoms with Gasteiger partial charge in [-0.25, -0.2) is 0 Å². The van der Waals surface area contributed by atoms with E-state index in [9.17, 15) is 0 Å². The Morgan fingerprint density at radius 1 is 1.30 bits per heavy atom. The average molecular weight is 394 g/mol. The molecule has 2 aliphatic carbocycles. The first-order chi connectivity index (χ1) is 9.22. The van der Waals surface area contributed by atoms with Crippen LogP contribution in [0.3, 0.4) is 0 Å². The molecule has 0 aromatic carbocycles. The second-order valence-electron chi connectivity index (χ2n) is 6.12. The number of rotatable bonds is 8. The first-order valence-corrected chi connectivity index (χ1v) is 7.94. The van der Waals surface area contributed by atoms with E-state index in [1.165, 1.54) is 32.2 Å². The van der Waals surface area contributed by atoms with Gasteiger partial charge in [0, 0.05) is 38.8 Å². The van der Waals surface area contributed by atoms with E-state index in [0.29, 0.717) is 6.04 Å². The van der Waals surface area contributed by atoms with Gasteiger partial charge in [-0.2, -0.15) is 0 Å². The molecule has 1 atom stereocenters. The number of hydrogen-bond donors (Lipinski definition) is 2. The molecule has 0 aliphatic heterocycles. The van der Waals surface area contributed by atoms with Crippen molar-refractivity contribution >= 4 is 29.9 Å². The standard InChI is InChI=1S/C15H30N4.HI/c1-4-12(2)18-15(16-3)17-9-10-19(14-7-8-14)11-13-5-6-13;/h12-14H,4-11H2,1-3H3,(H2,16,17,18);1H. The van der Waals surface area contributed by atoms with Crippen LogP contribution in [-0.4, -0.2) is 49.6 Å². The summed E-state index contributed by atoms with van der Waals surface area (Å²) in [6, 6.07) is 1.36. The second-order valence-corrected chi connectivity index (χ2v) is 6.12. The molecule has 2 saturated carbocycles. The van der Waals surface area contributed by atoms with Crippen molar-refractivity contribution in [2.75, 3.05) is 26.7 Å². The fourth-order valence-electron chi connectivity index (χ4n) is 2.34. The summed E-state index contributed by atoms with van der Waals surface area (Å²) in [5, 5.41) is 6.85. The maximum absolute atomic E-state index is 4.28. The van der Waals surface area contributed by atoms with Crippen molar-refractivity contribution in [2.45, 2.75) is 58.0 Å². The van der Waals surface area contributed by atoms with E-state index in [1.807, 2.05) is 7.05 Å². The van der Waals surface area contributed by atoms with Crippen LogP contribution < -0.4 is 10.6 Å². The third-order valence-corrected chi connectivity index (χ3v) is 4.16. The molecule has 0 amide bonds. The monoisotopic (exact) mass is 394 g/mol. The number of nitrogens with zero attached hydrogens (tertiary/aromatic N) is 2. The molecule has 2 fully saturated rings. The molecule has 2 rings (SSSR count). The lowest BCUT2D eigenvalue weighted by molar-refractivity contribution is 0.256. The van der Waals surface area contributed by atoms with Crippen molar-refractivity contribution in [1.82, 2.24) is 15.5 Å². The van der Waals surface area contributed by atoms with Gasteiger partial charge < -0.3 is 10.6 Å². The van der Waals surface area contributed by atoms with E-state index in [2.05, 4.69) is 34.4 Å². The van der Waals surface area contributed by atoms with Gasteiger partial charge >= 0.3 is 0 Å². The first kappa shape index (κ1) is 18.0. The number of aliphatic imine (C=N–C) groups is 1. The molecule has 20 heavy (non-hydrogen) atoms. The topological polar surface area (TPSA) is 39.7 Å². The molecule has 0 saturated heterocycles. The molecule has 2 aliphatic rings. The summed E-state index contributed by atoms with van der Waals surface area (Å²) >= 11 is 0. The van der Waals surface area contributed by atoms with Crippen molar-refractivity contribution in [3.63, 3.8) is 0 Å². The molecule has 0 spiro atoms. The highest BCUT2D eigenvalue weighted by atomic mass is 127. The maximum Gasteiger partial charge on any atom is 0.191 e. The van der Waals surface area contributed by atoms with Crippen molar-refractivity contribution in [3.05, 3.63) is 0 Å². The highest BCUT2D eigenvalue weighted by molar-refractivity contribution is 14.0. The van der Waals surface area contributed by atoms with Gasteiger partial charge in [-0.1, -0.05) is 6.92 Å². The van der Waals surface area contributed by atoms with Crippen molar-refractivity contribution in [3.8, 4) is 0 Å². The summed E-state index contributed by atoms with van der Waals surface area (Å²) in [4.78, 5) is 6.96. The Balaban J connectivity index is 0.00000200. The summed E-state index contributed by atoms with van der Waals surface area (Å²) in [7, 11) is 1.85. The van der Waals surface area contributed by atoms with Crippen LogP contribution in [0.15, 0.2) is 4.99 Å². The number of nitrogens with one attached hydrogen (secondary N) is 2. The van der Waals surface area contributed by atoms with Gasteiger partial charge in [0.05, 0.1) is 0 Å². The third-order valence-electron chi connectivity index (χ3n) is 4.16. The molecule has 0 radical (unpaired) electrons. The van der Waals surface area contributed by atoms with E-state index in [4.69, 9.17) is 0 Å². The van der Waals surface area contributed by atoms with Gasteiger partial charge in [-0.15, -0.1) is 24.0 Å². The minimum absolute atomic E-state index is 0. The van der Waals surface area contributed by atoms with E-state index in [0.717, 1.165) is 37.4 Å². The Kier molecular flexibility index (Phi) is 8.17. The van der Waals surface area contributed by atoms with Crippen LogP contribution in [0.5, 0.6) is 0 Å². The summed E-state index contributed by atoms with van der Waals surface area (Å²) in [6.07, 6.45) is 6.84. The predicted octanol–water partition coefficient (Wildman–Crippen LogP) is 2.44. The van der Waals surface area contributed by atoms with Gasteiger partial charge in [0.25, 0.3) is 0 Å². The maximum atomic E-state index is 4.28. The van der Waals surface area contributed by atoms with Gasteiger partial charge in [-0.3, -0.25) is 9.89 Å². The molecule has 0 bridgehead atoms. The molecule has 0 aromatic rings. The number of halogens is 1. The summed E-state index contributed by atoms with van der Waals surface area (Å²) < 4.78 is 0. The minimum Gasteiger partial charge on any atom is -0.355 e. The van der Waals surface area contributed by atoms with Crippen LogP contribution in [0.2, 0.25) is 0 Å². The molecule has 1 unspecified atom stereocenters. The lowest BCUT2D eigenvalue weighted by Gasteiger charge is -2.23. The Morgan fingerprint density at radius 3 is 2.50 bits per heavy atom. The molecule has 118 valence electrons. The molecular weight excluding hydrogens is 363 g/mol. The lowest BCUT2D eigenvalue weighted by atomic mass is 10.3. The fourth-order valence-corrected chi connectivity index (χ4v) is 2.34. The Bertz CT molecular complexity index is 300. The number of hydrogen-bond acceptors (Lipinski definition) is 2. The second kappa shape index (κ2) is 9.07. The van der Waals surface area contributed by atoms with Crippen molar-refractivity contribution in [2.24, 2.45) is 10.9 Å². The Hall–Kier alpha value is -0.0400. The van der Waals surface area contributed by atoms with Gasteiger partial charge in [0.15, 0.2) is 5.96 Å². The van der Waals surface area contributed by atoms with Crippen LogP contribution in [0, 0.1) is 5.92 Å². The van der Waals surface area contributed by atoms with Crippen LogP contribution in [0.25, 0.3) is 0 Å². The van der Waals surface area contributed by atoms with E-state index >= 15 is 0 Å². The summed E-state index contributed by atoms with van der Waals surface area (Å²) in [5.74, 6) is 1.94. The zero-order chi connectivity index (χ0) is 13.7. The minimum atomic E-state index is 0. The summed E-state index contributed by atoms with van der Waals surface area (Å²) in [5.41, 5.74) is 0. The van der Waals surface area contributed by atoms with Crippen LogP contribution in [-0.2, 0) is 0 Å². The predicted molar refractivity (Wildman–Crippen MR) is 97.0 cm³/mol. The zero-order valence-corrected chi connectivity index (χ0v) is 15.5. The average Bonchev–Trinajstić information content (AvgIpc) is 3.28. The van der Waals surface area contributed by atoms with Gasteiger partial charge in [-0.05, 0) is 44.9 Å². The number of guanidine groups is 1. The summed E-state index contributed by atoms with van der Waals surface area (Å²) in [6.45, 7) is 7.86. The third kappa shape index (κ3) is 6.61. The van der Waals surface area contributed by atoms with E-state index in [-0.39, 0.29) is 24.0 Å². The lowest BCUT2D eigenvalue weighted by Crippen LogP contribution is -2.45. The molecule has 0 heterocycles. The van der Waals surface area contributed by atoms with E-state index < -0.39 is 0 Å². The SMILES string of the molecule is CCC(C)NC(=NC)NCCN(CC1CC1)C1CC1.I. The molecular formula is C15H31IN4. The van der Waals surface area contributed by atoms with Crippen molar-refractivity contribution < 1.29 is 0 Å². The largest absolute Gasteiger partial charge is 0.355 e. The Morgan fingerprint density at radius 2 is 2.00 bits per heavy atom. The molecule has 5 heteroatoms. The van der Waals surface area contributed by atoms with Crippen LogP contribution in [0.1, 0.15) is 46.0 Å². The highest BCUT2D eigenvalue weighted by Gasteiger charge is 2.33. The molecule has 2 N–H and O–H groups in total. The van der Waals surface area contributed by atoms with Gasteiger partial charge in [0.1, 0.15) is 0 Å². The molecule has 4 nitrogen and oxygen atoms in total. The normalized spacial score (nSPS) is 20.5. The highest BCUT2D eigenvalue weighted by Crippen LogP contribution is 2.34. The van der Waals surface area contributed by atoms with Crippen molar-refractivity contribution in [1.29, 1.82) is 0 Å². The zero-order valence-electron chi connectivity index (χ0n) is 13.2. The molecule has 0 aromatic heterocycles. The van der Waals surface area contributed by atoms with Crippen LogP contribution >= 0.6 is 24.0 Å². The quantitative estimate of drug-likeness (QED) is 0.378.